The van der Waals surface area contributed by atoms with Crippen LogP contribution < -0.4 is 10.9 Å². The van der Waals surface area contributed by atoms with Gasteiger partial charge in [-0.2, -0.15) is 0 Å². The number of hydrogen-bond acceptors (Lipinski definition) is 5. The average Bonchev–Trinajstić information content (AvgIpc) is 2.44. The van der Waals surface area contributed by atoms with E-state index >= 15 is 0 Å². The monoisotopic (exact) mass is 396 g/mol. The zero-order valence-electron chi connectivity index (χ0n) is 16.8. The first-order chi connectivity index (χ1) is 11.6. The Morgan fingerprint density at radius 2 is 1.65 bits per heavy atom. The lowest BCUT2D eigenvalue weighted by atomic mass is 10.0. The van der Waals surface area contributed by atoms with Gasteiger partial charge in [-0.05, 0) is 50.2 Å². The number of aliphatic hydroxyl groups is 1. The lowest BCUT2D eigenvalue weighted by Gasteiger charge is -2.32. The van der Waals surface area contributed by atoms with Crippen molar-refractivity contribution in [3.63, 3.8) is 0 Å². The Morgan fingerprint density at radius 3 is 2.08 bits per heavy atom. The largest absolute Gasteiger partial charge is 0.390 e. The Kier molecular flexibility index (Phi) is 6.62. The molecule has 0 fully saturated rings. The molecule has 0 aromatic heterocycles. The number of benzene rings is 1. The average molecular weight is 397 g/mol. The van der Waals surface area contributed by atoms with Gasteiger partial charge in [-0.1, -0.05) is 39.0 Å². The van der Waals surface area contributed by atoms with Crippen molar-refractivity contribution in [2.45, 2.75) is 58.4 Å². The Balaban J connectivity index is 3.46. The molecule has 0 saturated carbocycles. The van der Waals surface area contributed by atoms with E-state index in [9.17, 15) is 9.32 Å². The van der Waals surface area contributed by atoms with Gasteiger partial charge in [0.25, 0.3) is 0 Å². The maximum absolute atomic E-state index is 13.0. The Hall–Kier alpha value is -1.48. The molecule has 146 valence electrons. The Morgan fingerprint density at radius 1 is 1.15 bits per heavy atom. The molecule has 0 radical (unpaired) electrons. The van der Waals surface area contributed by atoms with Crippen LogP contribution in [0.15, 0.2) is 50.5 Å². The molecule has 0 bridgehead atoms. The van der Waals surface area contributed by atoms with Gasteiger partial charge in [0.05, 0.1) is 11.4 Å². The van der Waals surface area contributed by atoms with Crippen LogP contribution in [0.3, 0.4) is 0 Å². The molecule has 1 rings (SSSR count). The highest BCUT2D eigenvalue weighted by atomic mass is 32.2. The predicted molar refractivity (Wildman–Crippen MR) is 114 cm³/mol. The third-order valence-corrected chi connectivity index (χ3v) is 11.8. The second kappa shape index (κ2) is 7.64. The molecule has 1 aromatic rings. The van der Waals surface area contributed by atoms with E-state index in [1.807, 2.05) is 31.3 Å². The Bertz CT molecular complexity index is 810. The maximum atomic E-state index is 13.0. The minimum atomic E-state index is -3.27. The van der Waals surface area contributed by atoms with Gasteiger partial charge in [0.1, 0.15) is 20.5 Å². The summed E-state index contributed by atoms with van der Waals surface area (Å²) in [5.74, 6) is 0. The van der Waals surface area contributed by atoms with E-state index in [4.69, 9.17) is 10.9 Å². The van der Waals surface area contributed by atoms with Crippen LogP contribution in [0.1, 0.15) is 34.6 Å². The van der Waals surface area contributed by atoms with Crippen molar-refractivity contribution in [2.24, 2.45) is 19.9 Å². The lowest BCUT2D eigenvalue weighted by molar-refractivity contribution is 0.155. The van der Waals surface area contributed by atoms with Crippen molar-refractivity contribution >= 4 is 29.5 Å². The van der Waals surface area contributed by atoms with Crippen LogP contribution in [-0.2, 0) is 9.92 Å². The molecule has 1 aromatic carbocycles. The van der Waals surface area contributed by atoms with Crippen LogP contribution in [0.5, 0.6) is 0 Å². The summed E-state index contributed by atoms with van der Waals surface area (Å²) in [5, 5.41) is 16.2. The van der Waals surface area contributed by atoms with E-state index in [-0.39, 0.29) is 15.8 Å². The van der Waals surface area contributed by atoms with Gasteiger partial charge in [-0.25, -0.2) is 9.35 Å². The summed E-state index contributed by atoms with van der Waals surface area (Å²) in [6, 6.07) is 9.16. The summed E-state index contributed by atoms with van der Waals surface area (Å²) >= 11 is 0. The van der Waals surface area contributed by atoms with Crippen molar-refractivity contribution in [2.75, 3.05) is 0 Å². The molecule has 6 nitrogen and oxygen atoms in total. The third kappa shape index (κ3) is 6.05. The smallest absolute Gasteiger partial charge is 0.195 e. The molecule has 1 atom stereocenters. The number of rotatable bonds is 5. The van der Waals surface area contributed by atoms with Gasteiger partial charge >= 0.3 is 0 Å². The normalized spacial score (nSPS) is 17.0. The van der Waals surface area contributed by atoms with Crippen LogP contribution >= 0.6 is 0 Å². The topological polar surface area (TPSA) is 114 Å². The number of nitrogens with zero attached hydrogens (tertiary/aromatic N) is 2. The van der Waals surface area contributed by atoms with Gasteiger partial charge in [0, 0.05) is 0 Å². The minimum absolute atomic E-state index is 0.0841. The predicted octanol–water partition coefficient (Wildman–Crippen LogP) is 3.68. The van der Waals surface area contributed by atoms with Gasteiger partial charge < -0.3 is 10.8 Å². The molecule has 5 N–H and O–H groups in total. The van der Waals surface area contributed by atoms with Gasteiger partial charge in [-0.3, -0.25) is 9.02 Å². The van der Waals surface area contributed by atoms with Crippen molar-refractivity contribution in [1.82, 2.24) is 0 Å². The van der Waals surface area contributed by atoms with E-state index in [0.29, 0.717) is 5.69 Å². The number of nitrogens with two attached hydrogens (primary N) is 2. The van der Waals surface area contributed by atoms with Crippen molar-refractivity contribution in [3.8, 4) is 0 Å². The highest BCUT2D eigenvalue weighted by Gasteiger charge is 2.37. The van der Waals surface area contributed by atoms with E-state index < -0.39 is 23.8 Å². The van der Waals surface area contributed by atoms with Crippen LogP contribution in [0.2, 0.25) is 18.1 Å². The molecule has 0 spiro atoms. The van der Waals surface area contributed by atoms with Crippen LogP contribution in [0, 0.1) is 0 Å². The first-order valence-electron chi connectivity index (χ1n) is 8.46. The molecular formula is C18H32N4O2SSi. The fraction of sp³-hybridized carbons (Fsp3) is 0.500. The summed E-state index contributed by atoms with van der Waals surface area (Å²) < 4.78 is 17.4. The van der Waals surface area contributed by atoms with Crippen LogP contribution in [-0.4, -0.2) is 28.9 Å². The summed E-state index contributed by atoms with van der Waals surface area (Å²) in [6.07, 6.45) is 1.38. The fourth-order valence-electron chi connectivity index (χ4n) is 1.74. The first kappa shape index (κ1) is 22.6. The van der Waals surface area contributed by atoms with Crippen molar-refractivity contribution in [1.29, 1.82) is 0 Å². The summed E-state index contributed by atoms with van der Waals surface area (Å²) in [5.41, 5.74) is 5.69. The molecule has 0 aliphatic rings. The minimum Gasteiger partial charge on any atom is -0.390 e. The molecule has 8 heteroatoms. The van der Waals surface area contributed by atoms with E-state index in [0.717, 1.165) is 0 Å². The number of para-hydroxylation sites is 1. The van der Waals surface area contributed by atoms with E-state index in [2.05, 4.69) is 29.8 Å². The number of hydrogen-bond donors (Lipinski definition) is 3. The molecule has 0 heterocycles. The lowest BCUT2D eigenvalue weighted by Crippen LogP contribution is -2.39. The molecule has 0 amide bonds. The highest BCUT2D eigenvalue weighted by molar-refractivity contribution is 7.95. The van der Waals surface area contributed by atoms with Crippen LogP contribution in [0.4, 0.5) is 5.69 Å². The number of aliphatic imine (C=N–C) groups is 1. The summed E-state index contributed by atoms with van der Waals surface area (Å²) in [7, 11) is -5.54. The zero-order valence-corrected chi connectivity index (χ0v) is 18.6. The fourth-order valence-corrected chi connectivity index (χ4v) is 6.25. The molecular weight excluding hydrogens is 364 g/mol. The van der Waals surface area contributed by atoms with Gasteiger partial charge in [0.2, 0.25) is 0 Å². The standard InChI is InChI=1S/C18H32N4O2SSi/c1-17(2,3)26(6,7)22-25(20,24)16(19)13-15(18(4,5)23)21-14-11-9-8-10-12-14/h8-13,23H,19H2,1-7H3,(H2,20,22,24)/b16-13+,21-15?. The highest BCUT2D eigenvalue weighted by Crippen LogP contribution is 2.37. The van der Waals surface area contributed by atoms with Gasteiger partial charge in [-0.15, -0.1) is 0 Å². The molecule has 26 heavy (non-hydrogen) atoms. The van der Waals surface area contributed by atoms with E-state index in [1.54, 1.807) is 26.0 Å². The van der Waals surface area contributed by atoms with E-state index in [1.165, 1.54) is 6.08 Å². The molecule has 0 aliphatic carbocycles. The second-order valence-corrected chi connectivity index (χ2v) is 15.4. The maximum Gasteiger partial charge on any atom is 0.195 e. The Labute approximate surface area is 158 Å². The molecule has 0 aliphatic heterocycles. The summed E-state index contributed by atoms with van der Waals surface area (Å²) in [6.45, 7) is 13.3. The SMILES string of the molecule is CC(C)(O)C(/C=C(\N)S(N)(=O)=N[Si](C)(C)C(C)(C)C)=Nc1ccccc1. The quantitative estimate of drug-likeness (QED) is 0.521. The second-order valence-electron chi connectivity index (χ2n) is 8.41. The zero-order chi connectivity index (χ0) is 20.4. The van der Waals surface area contributed by atoms with Crippen molar-refractivity contribution in [3.05, 3.63) is 41.4 Å². The third-order valence-electron chi connectivity index (χ3n) is 4.45. The van der Waals surface area contributed by atoms with Crippen molar-refractivity contribution < 1.29 is 9.32 Å². The van der Waals surface area contributed by atoms with Crippen LogP contribution in [0.25, 0.3) is 0 Å². The molecule has 0 saturated heterocycles. The first-order valence-corrected chi connectivity index (χ1v) is 13.0. The summed E-state index contributed by atoms with van der Waals surface area (Å²) in [4.78, 5) is 4.43. The van der Waals surface area contributed by atoms with Gasteiger partial charge in [0.15, 0.2) is 8.24 Å². The molecule has 1 unspecified atom stereocenters.